The highest BCUT2D eigenvalue weighted by atomic mass is 14.5. The number of hydrogen-bond acceptors (Lipinski definition) is 0. The van der Waals surface area contributed by atoms with Crippen molar-refractivity contribution < 1.29 is 0 Å². The van der Waals surface area contributed by atoms with Crippen LogP contribution in [0.3, 0.4) is 0 Å². The van der Waals surface area contributed by atoms with Crippen LogP contribution in [0.1, 0.15) is 67.2 Å². The molecule has 0 bridgehead atoms. The zero-order chi connectivity index (χ0) is 14.2. The maximum atomic E-state index is 2.52. The first kappa shape index (κ1) is 14.4. The van der Waals surface area contributed by atoms with Crippen molar-refractivity contribution in [3.05, 3.63) is 45.6 Å². The van der Waals surface area contributed by atoms with Gasteiger partial charge in [-0.2, -0.15) is 0 Å². The van der Waals surface area contributed by atoms with Crippen LogP contribution in [0.25, 0.3) is 0 Å². The lowest BCUT2D eigenvalue weighted by molar-refractivity contribution is 0.597. The summed E-state index contributed by atoms with van der Waals surface area (Å²) in [5.41, 5.74) is 9.54. The molecule has 0 N–H and O–H groups in total. The van der Waals surface area contributed by atoms with E-state index in [0.29, 0.717) is 0 Å². The normalized spacial score (nSPS) is 26.6. The van der Waals surface area contributed by atoms with E-state index in [1.54, 1.807) is 22.3 Å². The first-order valence-electron chi connectivity index (χ1n) is 7.78. The molecule has 0 heteroatoms. The van der Waals surface area contributed by atoms with Gasteiger partial charge in [0.1, 0.15) is 0 Å². The number of unbranched alkanes of at least 4 members (excludes halogenated alkanes) is 1. The molecule has 0 nitrogen and oxygen atoms in total. The van der Waals surface area contributed by atoms with Gasteiger partial charge in [-0.15, -0.1) is 0 Å². The Kier molecular flexibility index (Phi) is 3.90. The Labute approximate surface area is 119 Å². The Morgan fingerprint density at radius 3 is 2.05 bits per heavy atom. The quantitative estimate of drug-likeness (QED) is 0.568. The van der Waals surface area contributed by atoms with Crippen molar-refractivity contribution in [3.8, 4) is 0 Å². The second-order valence-corrected chi connectivity index (χ2v) is 6.19. The first-order valence-corrected chi connectivity index (χ1v) is 7.78. The minimum Gasteiger partial charge on any atom is -0.0654 e. The fraction of sp³-hybridized carbons (Fsp3) is 0.579. The highest BCUT2D eigenvalue weighted by Crippen LogP contribution is 2.57. The van der Waals surface area contributed by atoms with Gasteiger partial charge >= 0.3 is 0 Å². The van der Waals surface area contributed by atoms with Gasteiger partial charge in [-0.1, -0.05) is 43.6 Å². The van der Waals surface area contributed by atoms with E-state index in [2.05, 4.69) is 53.7 Å². The van der Waals surface area contributed by atoms with Crippen molar-refractivity contribution in [2.45, 2.75) is 67.2 Å². The largest absolute Gasteiger partial charge is 0.0654 e. The van der Waals surface area contributed by atoms with E-state index in [1.807, 2.05) is 0 Å². The summed E-state index contributed by atoms with van der Waals surface area (Å²) in [4.78, 5) is 0. The molecule has 104 valence electrons. The van der Waals surface area contributed by atoms with Crippen LogP contribution >= 0.6 is 0 Å². The average Bonchev–Trinajstić information content (AvgIpc) is 2.75. The van der Waals surface area contributed by atoms with Gasteiger partial charge in [-0.05, 0) is 69.2 Å². The minimum absolute atomic E-state index is 0.155. The highest BCUT2D eigenvalue weighted by molar-refractivity contribution is 5.64. The van der Waals surface area contributed by atoms with Crippen molar-refractivity contribution in [2.24, 2.45) is 5.41 Å². The number of hydrogen-bond donors (Lipinski definition) is 0. The van der Waals surface area contributed by atoms with Crippen molar-refractivity contribution in [2.75, 3.05) is 0 Å². The zero-order valence-corrected chi connectivity index (χ0v) is 13.5. The molecule has 1 atom stereocenters. The van der Waals surface area contributed by atoms with Gasteiger partial charge in [-0.3, -0.25) is 0 Å². The monoisotopic (exact) mass is 256 g/mol. The van der Waals surface area contributed by atoms with E-state index in [-0.39, 0.29) is 5.41 Å². The van der Waals surface area contributed by atoms with Gasteiger partial charge in [0.25, 0.3) is 0 Å². The molecule has 19 heavy (non-hydrogen) atoms. The van der Waals surface area contributed by atoms with Crippen LogP contribution in [-0.2, 0) is 0 Å². The fourth-order valence-electron chi connectivity index (χ4n) is 4.11. The maximum Gasteiger partial charge on any atom is 0.0529 e. The third-order valence-corrected chi connectivity index (χ3v) is 5.06. The smallest absolute Gasteiger partial charge is 0.0529 e. The molecule has 2 aliphatic rings. The van der Waals surface area contributed by atoms with Gasteiger partial charge < -0.3 is 0 Å². The van der Waals surface area contributed by atoms with Crippen LogP contribution in [0.5, 0.6) is 0 Å². The van der Waals surface area contributed by atoms with Crippen LogP contribution in [0.2, 0.25) is 0 Å². The summed E-state index contributed by atoms with van der Waals surface area (Å²) in [6, 6.07) is 0. The Morgan fingerprint density at radius 2 is 1.58 bits per heavy atom. The second kappa shape index (κ2) is 5.15. The summed E-state index contributed by atoms with van der Waals surface area (Å²) in [7, 11) is 0. The average molecular weight is 256 g/mol. The van der Waals surface area contributed by atoms with Crippen LogP contribution in [0, 0.1) is 5.41 Å². The first-order chi connectivity index (χ1) is 8.98. The molecule has 0 saturated carbocycles. The Balaban J connectivity index is 2.58. The van der Waals surface area contributed by atoms with E-state index in [0.717, 1.165) is 6.42 Å². The summed E-state index contributed by atoms with van der Waals surface area (Å²) in [5, 5.41) is 0. The molecule has 1 unspecified atom stereocenters. The lowest BCUT2D eigenvalue weighted by Crippen LogP contribution is -2.21. The highest BCUT2D eigenvalue weighted by Gasteiger charge is 2.44. The molecule has 2 aliphatic carbocycles. The maximum absolute atomic E-state index is 2.52. The van der Waals surface area contributed by atoms with E-state index in [9.17, 15) is 0 Å². The molecular weight excluding hydrogens is 228 g/mol. The molecular formula is C19H28. The van der Waals surface area contributed by atoms with Crippen molar-refractivity contribution in [1.29, 1.82) is 0 Å². The van der Waals surface area contributed by atoms with Crippen LogP contribution < -0.4 is 0 Å². The molecule has 0 heterocycles. The molecule has 0 aliphatic heterocycles. The van der Waals surface area contributed by atoms with Crippen LogP contribution in [0.15, 0.2) is 45.6 Å². The summed E-state index contributed by atoms with van der Waals surface area (Å²) in [5.74, 6) is 0. The Morgan fingerprint density at radius 1 is 0.947 bits per heavy atom. The molecule has 0 aromatic rings. The van der Waals surface area contributed by atoms with E-state index in [1.165, 1.54) is 30.4 Å². The lowest BCUT2D eigenvalue weighted by atomic mass is 9.70. The molecule has 0 fully saturated rings. The zero-order valence-electron chi connectivity index (χ0n) is 13.5. The SMILES string of the molecule is CCCCC1=C(C)C(C)=C(CC)C12C=C(C)C=C2C. The molecule has 2 rings (SSSR count). The standard InChI is InChI=1S/C19H28/c1-7-9-10-18-16(6)15(5)17(8-2)19(18)12-13(3)11-14(19)4/h11-12H,7-10H2,1-6H3. The van der Waals surface area contributed by atoms with Gasteiger partial charge in [0.15, 0.2) is 0 Å². The molecule has 0 saturated heterocycles. The third-order valence-electron chi connectivity index (χ3n) is 5.06. The fourth-order valence-corrected chi connectivity index (χ4v) is 4.11. The predicted molar refractivity (Wildman–Crippen MR) is 85.2 cm³/mol. The number of allylic oxidation sites excluding steroid dienone is 8. The summed E-state index contributed by atoms with van der Waals surface area (Å²) < 4.78 is 0. The third kappa shape index (κ3) is 1.96. The lowest BCUT2D eigenvalue weighted by Gasteiger charge is -2.32. The van der Waals surface area contributed by atoms with E-state index in [4.69, 9.17) is 0 Å². The van der Waals surface area contributed by atoms with Gasteiger partial charge in [0, 0.05) is 0 Å². The van der Waals surface area contributed by atoms with E-state index >= 15 is 0 Å². The minimum atomic E-state index is 0.155. The van der Waals surface area contributed by atoms with Gasteiger partial charge in [-0.25, -0.2) is 0 Å². The summed E-state index contributed by atoms with van der Waals surface area (Å²) in [6.07, 6.45) is 9.89. The van der Waals surface area contributed by atoms with Gasteiger partial charge in [0.2, 0.25) is 0 Å². The predicted octanol–water partition coefficient (Wildman–Crippen LogP) is 6.13. The number of rotatable bonds is 4. The van der Waals surface area contributed by atoms with E-state index < -0.39 is 0 Å². The summed E-state index contributed by atoms with van der Waals surface area (Å²) in [6.45, 7) is 13.8. The molecule has 0 amide bonds. The molecule has 0 radical (unpaired) electrons. The van der Waals surface area contributed by atoms with Crippen molar-refractivity contribution in [3.63, 3.8) is 0 Å². The molecule has 0 aromatic carbocycles. The summed E-state index contributed by atoms with van der Waals surface area (Å²) >= 11 is 0. The Bertz CT molecular complexity index is 508. The van der Waals surface area contributed by atoms with Crippen LogP contribution in [-0.4, -0.2) is 0 Å². The molecule has 1 spiro atoms. The van der Waals surface area contributed by atoms with Crippen molar-refractivity contribution in [1.82, 2.24) is 0 Å². The Hall–Kier alpha value is -1.04. The second-order valence-electron chi connectivity index (χ2n) is 6.19. The van der Waals surface area contributed by atoms with Gasteiger partial charge in [0.05, 0.1) is 5.41 Å². The topological polar surface area (TPSA) is 0 Å². The van der Waals surface area contributed by atoms with Crippen LogP contribution in [0.4, 0.5) is 0 Å². The molecule has 0 aromatic heterocycles. The van der Waals surface area contributed by atoms with Crippen molar-refractivity contribution >= 4 is 0 Å².